The molecule has 0 bridgehead atoms. The Hall–Kier alpha value is -0.0400. The van der Waals surface area contributed by atoms with E-state index >= 15 is 0 Å². The summed E-state index contributed by atoms with van der Waals surface area (Å²) in [5.74, 6) is 2.10. The fraction of sp³-hybridized carbons (Fsp3) is 1.00. The van der Waals surface area contributed by atoms with Crippen molar-refractivity contribution in [2.75, 3.05) is 6.61 Å². The monoisotopic (exact) mass is 170 g/mol. The Labute approximate surface area is 76.2 Å². The third-order valence-corrected chi connectivity index (χ3v) is 3.58. The topological polar surface area (TPSA) is 20.2 Å². The molecule has 1 rings (SSSR count). The molecular weight excluding hydrogens is 148 g/mol. The summed E-state index contributed by atoms with van der Waals surface area (Å²) < 4.78 is 0. The van der Waals surface area contributed by atoms with Crippen molar-refractivity contribution in [3.63, 3.8) is 0 Å². The van der Waals surface area contributed by atoms with Crippen LogP contribution in [0.15, 0.2) is 0 Å². The van der Waals surface area contributed by atoms with Crippen molar-refractivity contribution in [1.82, 2.24) is 0 Å². The van der Waals surface area contributed by atoms with E-state index in [0.29, 0.717) is 12.5 Å². The van der Waals surface area contributed by atoms with E-state index in [9.17, 15) is 0 Å². The minimum Gasteiger partial charge on any atom is -0.396 e. The van der Waals surface area contributed by atoms with Crippen LogP contribution in [0.4, 0.5) is 0 Å². The van der Waals surface area contributed by atoms with Crippen LogP contribution in [0.25, 0.3) is 0 Å². The molecule has 12 heavy (non-hydrogen) atoms. The summed E-state index contributed by atoms with van der Waals surface area (Å²) in [4.78, 5) is 0. The fourth-order valence-electron chi connectivity index (χ4n) is 2.29. The minimum absolute atomic E-state index is 0.359. The van der Waals surface area contributed by atoms with Crippen LogP contribution in [0.2, 0.25) is 0 Å². The van der Waals surface area contributed by atoms with Crippen LogP contribution >= 0.6 is 0 Å². The first kappa shape index (κ1) is 10.0. The molecule has 1 N–H and O–H groups in total. The summed E-state index contributed by atoms with van der Waals surface area (Å²) in [5.41, 5.74) is 0. The maximum atomic E-state index is 9.04. The molecule has 0 aliphatic heterocycles. The number of hydrogen-bond acceptors (Lipinski definition) is 1. The molecule has 0 heterocycles. The largest absolute Gasteiger partial charge is 0.396 e. The molecule has 72 valence electrons. The van der Waals surface area contributed by atoms with Crippen molar-refractivity contribution >= 4 is 0 Å². The van der Waals surface area contributed by atoms with Gasteiger partial charge in [-0.3, -0.25) is 0 Å². The molecule has 0 aromatic heterocycles. The average molecular weight is 170 g/mol. The van der Waals surface area contributed by atoms with Crippen LogP contribution in [-0.2, 0) is 0 Å². The van der Waals surface area contributed by atoms with Crippen molar-refractivity contribution in [2.24, 2.45) is 17.8 Å². The van der Waals surface area contributed by atoms with E-state index in [-0.39, 0.29) is 0 Å². The van der Waals surface area contributed by atoms with Gasteiger partial charge < -0.3 is 5.11 Å². The fourth-order valence-corrected chi connectivity index (χ4v) is 2.29. The molecule has 1 aliphatic rings. The highest BCUT2D eigenvalue weighted by Gasteiger charge is 2.23. The van der Waals surface area contributed by atoms with Crippen LogP contribution in [0.3, 0.4) is 0 Å². The van der Waals surface area contributed by atoms with Gasteiger partial charge >= 0.3 is 0 Å². The van der Waals surface area contributed by atoms with Gasteiger partial charge in [0, 0.05) is 6.61 Å². The Morgan fingerprint density at radius 2 is 1.75 bits per heavy atom. The first-order chi connectivity index (χ1) is 5.75. The maximum absolute atomic E-state index is 9.04. The molecule has 1 nitrogen and oxygen atoms in total. The molecular formula is C11H22O. The molecule has 1 heteroatoms. The molecule has 1 saturated carbocycles. The van der Waals surface area contributed by atoms with Crippen LogP contribution in [0, 0.1) is 17.8 Å². The first-order valence-electron chi connectivity index (χ1n) is 5.36. The summed E-state index contributed by atoms with van der Waals surface area (Å²) in [6.45, 7) is 4.83. The van der Waals surface area contributed by atoms with Gasteiger partial charge in [-0.1, -0.05) is 46.0 Å². The third-order valence-electron chi connectivity index (χ3n) is 3.58. The lowest BCUT2D eigenvalue weighted by atomic mass is 9.76. The van der Waals surface area contributed by atoms with Crippen molar-refractivity contribution in [1.29, 1.82) is 0 Å². The molecule has 0 spiro atoms. The van der Waals surface area contributed by atoms with Gasteiger partial charge in [0.1, 0.15) is 0 Å². The molecule has 1 aliphatic carbocycles. The molecule has 0 amide bonds. The predicted molar refractivity (Wildman–Crippen MR) is 52.0 cm³/mol. The lowest BCUT2D eigenvalue weighted by Gasteiger charge is -2.30. The smallest absolute Gasteiger partial charge is 0.0459 e. The van der Waals surface area contributed by atoms with Crippen molar-refractivity contribution < 1.29 is 5.11 Å². The van der Waals surface area contributed by atoms with Crippen molar-refractivity contribution in [3.05, 3.63) is 0 Å². The number of rotatable bonds is 3. The maximum Gasteiger partial charge on any atom is 0.0459 e. The Bertz CT molecular complexity index is 116. The zero-order chi connectivity index (χ0) is 8.97. The van der Waals surface area contributed by atoms with Gasteiger partial charge in [-0.15, -0.1) is 0 Å². The van der Waals surface area contributed by atoms with Crippen LogP contribution in [0.5, 0.6) is 0 Å². The van der Waals surface area contributed by atoms with Crippen LogP contribution < -0.4 is 0 Å². The number of aliphatic hydroxyl groups is 1. The van der Waals surface area contributed by atoms with Gasteiger partial charge in [-0.25, -0.2) is 0 Å². The normalized spacial score (nSPS) is 25.2. The van der Waals surface area contributed by atoms with Crippen LogP contribution in [0.1, 0.15) is 46.0 Å². The zero-order valence-electron chi connectivity index (χ0n) is 8.42. The zero-order valence-corrected chi connectivity index (χ0v) is 8.42. The van der Waals surface area contributed by atoms with Crippen molar-refractivity contribution in [2.45, 2.75) is 46.0 Å². The second kappa shape index (κ2) is 4.86. The van der Waals surface area contributed by atoms with Gasteiger partial charge in [-0.05, 0) is 17.8 Å². The van der Waals surface area contributed by atoms with E-state index in [1.165, 1.54) is 32.1 Å². The molecule has 0 saturated heterocycles. The van der Waals surface area contributed by atoms with E-state index in [1.54, 1.807) is 0 Å². The van der Waals surface area contributed by atoms with Gasteiger partial charge in [0.25, 0.3) is 0 Å². The van der Waals surface area contributed by atoms with E-state index in [2.05, 4.69) is 13.8 Å². The van der Waals surface area contributed by atoms with Crippen LogP contribution in [-0.4, -0.2) is 11.7 Å². The standard InChI is InChI=1S/C11H22O/c1-9(8-12)10(2)11-6-4-3-5-7-11/h9-12H,3-8H2,1-2H3/t9-,10-/m0/s1. The van der Waals surface area contributed by atoms with Gasteiger partial charge in [0.15, 0.2) is 0 Å². The molecule has 0 aromatic carbocycles. The highest BCUT2D eigenvalue weighted by molar-refractivity contribution is 4.74. The molecule has 0 unspecified atom stereocenters. The molecule has 0 radical (unpaired) electrons. The van der Waals surface area contributed by atoms with Gasteiger partial charge in [0.2, 0.25) is 0 Å². The quantitative estimate of drug-likeness (QED) is 0.690. The Morgan fingerprint density at radius 3 is 2.25 bits per heavy atom. The molecule has 0 aromatic rings. The summed E-state index contributed by atoms with van der Waals surface area (Å²) in [6, 6.07) is 0. The highest BCUT2D eigenvalue weighted by atomic mass is 16.3. The average Bonchev–Trinajstić information content (AvgIpc) is 2.17. The molecule has 1 fully saturated rings. The summed E-state index contributed by atoms with van der Waals surface area (Å²) in [6.07, 6.45) is 7.04. The number of aliphatic hydroxyl groups excluding tert-OH is 1. The Balaban J connectivity index is 2.33. The molecule has 2 atom stereocenters. The van der Waals surface area contributed by atoms with E-state index in [1.807, 2.05) is 0 Å². The Kier molecular flexibility index (Phi) is 4.07. The second-order valence-electron chi connectivity index (χ2n) is 4.42. The highest BCUT2D eigenvalue weighted by Crippen LogP contribution is 2.33. The first-order valence-corrected chi connectivity index (χ1v) is 5.36. The lowest BCUT2D eigenvalue weighted by molar-refractivity contribution is 0.137. The summed E-state index contributed by atoms with van der Waals surface area (Å²) in [7, 11) is 0. The Morgan fingerprint density at radius 1 is 1.17 bits per heavy atom. The van der Waals surface area contributed by atoms with Crippen molar-refractivity contribution in [3.8, 4) is 0 Å². The second-order valence-corrected chi connectivity index (χ2v) is 4.42. The van der Waals surface area contributed by atoms with Gasteiger partial charge in [0.05, 0.1) is 0 Å². The number of hydrogen-bond donors (Lipinski definition) is 1. The summed E-state index contributed by atoms with van der Waals surface area (Å²) in [5, 5.41) is 9.04. The van der Waals surface area contributed by atoms with E-state index < -0.39 is 0 Å². The minimum atomic E-state index is 0.359. The van der Waals surface area contributed by atoms with E-state index in [0.717, 1.165) is 11.8 Å². The van der Waals surface area contributed by atoms with E-state index in [4.69, 9.17) is 5.11 Å². The third kappa shape index (κ3) is 2.48. The lowest BCUT2D eigenvalue weighted by Crippen LogP contribution is -2.23. The SMILES string of the molecule is C[C@H](C1CCCCC1)[C@@H](C)CO. The van der Waals surface area contributed by atoms with Gasteiger partial charge in [-0.2, -0.15) is 0 Å². The predicted octanol–water partition coefficient (Wildman–Crippen LogP) is 2.83. The summed E-state index contributed by atoms with van der Waals surface area (Å²) >= 11 is 0.